The number of esters is 2. The van der Waals surface area contributed by atoms with Gasteiger partial charge in [0.15, 0.2) is 0 Å². The molecule has 1 aliphatic carbocycles. The quantitative estimate of drug-likeness (QED) is 0.758. The van der Waals surface area contributed by atoms with E-state index >= 15 is 0 Å². The Morgan fingerprint density at radius 2 is 1.91 bits per heavy atom. The number of aryl methyl sites for hydroxylation is 1. The van der Waals surface area contributed by atoms with Gasteiger partial charge in [-0.3, -0.25) is 9.59 Å². The van der Waals surface area contributed by atoms with Gasteiger partial charge < -0.3 is 9.47 Å². The second-order valence-electron chi connectivity index (χ2n) is 6.06. The van der Waals surface area contributed by atoms with Gasteiger partial charge in [-0.2, -0.15) is 0 Å². The van der Waals surface area contributed by atoms with E-state index < -0.39 is 0 Å². The Morgan fingerprint density at radius 1 is 1.18 bits per heavy atom. The Kier molecular flexibility index (Phi) is 5.22. The molecule has 0 aromatic heterocycles. The molecule has 22 heavy (non-hydrogen) atoms. The summed E-state index contributed by atoms with van der Waals surface area (Å²) in [6, 6.07) is 6.28. The maximum absolute atomic E-state index is 11.9. The zero-order chi connectivity index (χ0) is 16.2. The molecule has 0 fully saturated rings. The lowest BCUT2D eigenvalue weighted by Crippen LogP contribution is -2.28. The second-order valence-corrected chi connectivity index (χ2v) is 6.06. The topological polar surface area (TPSA) is 52.6 Å². The van der Waals surface area contributed by atoms with Crippen LogP contribution in [0.5, 0.6) is 0 Å². The van der Waals surface area contributed by atoms with Gasteiger partial charge in [-0.05, 0) is 49.3 Å². The van der Waals surface area contributed by atoms with Crippen molar-refractivity contribution in [3.05, 3.63) is 34.9 Å². The lowest BCUT2D eigenvalue weighted by atomic mass is 9.74. The van der Waals surface area contributed by atoms with E-state index in [1.165, 1.54) is 30.9 Å². The van der Waals surface area contributed by atoms with E-state index in [0.717, 1.165) is 25.7 Å². The first-order valence-corrected chi connectivity index (χ1v) is 7.75. The Balaban J connectivity index is 2.23. The van der Waals surface area contributed by atoms with Crippen molar-refractivity contribution in [2.45, 2.75) is 50.9 Å². The number of carbonyl (C=O) groups excluding carboxylic acids is 2. The molecular weight excluding hydrogens is 280 g/mol. The van der Waals surface area contributed by atoms with Crippen molar-refractivity contribution < 1.29 is 19.1 Å². The highest BCUT2D eigenvalue weighted by Crippen LogP contribution is 2.46. The van der Waals surface area contributed by atoms with Gasteiger partial charge in [0.1, 0.15) is 0 Å². The van der Waals surface area contributed by atoms with Crippen molar-refractivity contribution in [1.29, 1.82) is 0 Å². The van der Waals surface area contributed by atoms with Crippen LogP contribution in [0.4, 0.5) is 0 Å². The number of hydrogen-bond acceptors (Lipinski definition) is 4. The van der Waals surface area contributed by atoms with Crippen molar-refractivity contribution in [1.82, 2.24) is 0 Å². The van der Waals surface area contributed by atoms with E-state index in [9.17, 15) is 9.59 Å². The third-order valence-corrected chi connectivity index (χ3v) is 4.81. The third kappa shape index (κ3) is 3.32. The first kappa shape index (κ1) is 16.5. The fourth-order valence-electron chi connectivity index (χ4n) is 3.58. The number of ether oxygens (including phenoxy) is 2. The van der Waals surface area contributed by atoms with Gasteiger partial charge in [0.25, 0.3) is 0 Å². The summed E-state index contributed by atoms with van der Waals surface area (Å²) < 4.78 is 9.61. The summed E-state index contributed by atoms with van der Waals surface area (Å²) in [6.07, 6.45) is 4.20. The van der Waals surface area contributed by atoms with Crippen molar-refractivity contribution in [3.8, 4) is 0 Å². The normalized spacial score (nSPS) is 19.6. The Hall–Kier alpha value is -1.84. The number of fused-ring (bicyclic) bond motifs is 1. The molecule has 1 aromatic rings. The molecule has 4 heteroatoms. The summed E-state index contributed by atoms with van der Waals surface area (Å²) in [4.78, 5) is 23.3. The van der Waals surface area contributed by atoms with Gasteiger partial charge >= 0.3 is 11.9 Å². The SMILES string of the molecule is COC(=O)CCCC1(CC(=O)OC)CCc2c(C)cccc21. The van der Waals surface area contributed by atoms with Gasteiger partial charge in [0.05, 0.1) is 20.6 Å². The number of hydrogen-bond donors (Lipinski definition) is 0. The molecule has 0 heterocycles. The monoisotopic (exact) mass is 304 g/mol. The van der Waals surface area contributed by atoms with Gasteiger partial charge in [-0.1, -0.05) is 18.2 Å². The number of rotatable bonds is 6. The molecule has 4 nitrogen and oxygen atoms in total. The molecule has 0 aliphatic heterocycles. The van der Waals surface area contributed by atoms with Crippen molar-refractivity contribution in [2.24, 2.45) is 0 Å². The molecule has 0 saturated carbocycles. The second kappa shape index (κ2) is 6.95. The van der Waals surface area contributed by atoms with E-state index in [1.54, 1.807) is 0 Å². The molecule has 0 spiro atoms. The molecule has 1 aromatic carbocycles. The molecule has 0 saturated heterocycles. The summed E-state index contributed by atoms with van der Waals surface area (Å²) >= 11 is 0. The molecule has 0 bridgehead atoms. The van der Waals surface area contributed by atoms with Crippen LogP contribution in [-0.2, 0) is 30.9 Å². The third-order valence-electron chi connectivity index (χ3n) is 4.81. The molecule has 0 N–H and O–H groups in total. The Labute approximate surface area is 131 Å². The van der Waals surface area contributed by atoms with E-state index in [0.29, 0.717) is 12.8 Å². The van der Waals surface area contributed by atoms with Gasteiger partial charge in [-0.15, -0.1) is 0 Å². The standard InChI is InChI=1S/C18H24O4/c1-13-6-4-7-15-14(13)9-11-18(15,12-17(20)22-3)10-5-8-16(19)21-2/h4,6-7H,5,8-12H2,1-3H3. The zero-order valence-corrected chi connectivity index (χ0v) is 13.6. The first-order valence-electron chi connectivity index (χ1n) is 7.75. The van der Waals surface area contributed by atoms with Crippen molar-refractivity contribution >= 4 is 11.9 Å². The molecule has 0 amide bonds. The summed E-state index contributed by atoms with van der Waals surface area (Å²) in [5.74, 6) is -0.386. The van der Waals surface area contributed by atoms with Gasteiger partial charge in [0, 0.05) is 11.8 Å². The van der Waals surface area contributed by atoms with E-state index in [4.69, 9.17) is 9.47 Å². The number of carbonyl (C=O) groups is 2. The van der Waals surface area contributed by atoms with E-state index in [-0.39, 0.29) is 17.4 Å². The maximum atomic E-state index is 11.9. The highest BCUT2D eigenvalue weighted by Gasteiger charge is 2.40. The molecule has 1 aliphatic rings. The first-order chi connectivity index (χ1) is 10.5. The summed E-state index contributed by atoms with van der Waals surface area (Å²) in [7, 11) is 2.83. The van der Waals surface area contributed by atoms with Crippen LogP contribution in [-0.4, -0.2) is 26.2 Å². The number of benzene rings is 1. The van der Waals surface area contributed by atoms with Crippen LogP contribution in [0.25, 0.3) is 0 Å². The van der Waals surface area contributed by atoms with Crippen LogP contribution in [0, 0.1) is 6.92 Å². The lowest BCUT2D eigenvalue weighted by molar-refractivity contribution is -0.142. The van der Waals surface area contributed by atoms with Crippen molar-refractivity contribution in [3.63, 3.8) is 0 Å². The highest BCUT2D eigenvalue weighted by molar-refractivity contribution is 5.72. The molecule has 1 unspecified atom stereocenters. The van der Waals surface area contributed by atoms with Crippen molar-refractivity contribution in [2.75, 3.05) is 14.2 Å². The zero-order valence-electron chi connectivity index (χ0n) is 13.6. The molecule has 120 valence electrons. The Bertz CT molecular complexity index is 564. The predicted molar refractivity (Wildman–Crippen MR) is 83.7 cm³/mol. The van der Waals surface area contributed by atoms with Crippen LogP contribution in [0.15, 0.2) is 18.2 Å². The maximum Gasteiger partial charge on any atom is 0.306 e. The minimum Gasteiger partial charge on any atom is -0.469 e. The highest BCUT2D eigenvalue weighted by atomic mass is 16.5. The minimum absolute atomic E-state index is 0.188. The summed E-state index contributed by atoms with van der Waals surface area (Å²) in [6.45, 7) is 2.11. The number of methoxy groups -OCH3 is 2. The average molecular weight is 304 g/mol. The van der Waals surface area contributed by atoms with E-state index in [2.05, 4.69) is 19.1 Å². The van der Waals surface area contributed by atoms with Crippen LogP contribution in [0.1, 0.15) is 48.8 Å². The minimum atomic E-state index is -0.206. The predicted octanol–water partition coefficient (Wildman–Crippen LogP) is 3.09. The van der Waals surface area contributed by atoms with Crippen LogP contribution >= 0.6 is 0 Å². The van der Waals surface area contributed by atoms with Crippen LogP contribution in [0.3, 0.4) is 0 Å². The fraction of sp³-hybridized carbons (Fsp3) is 0.556. The largest absolute Gasteiger partial charge is 0.469 e. The lowest BCUT2D eigenvalue weighted by Gasteiger charge is -2.29. The summed E-state index contributed by atoms with van der Waals surface area (Å²) in [5, 5.41) is 0. The smallest absolute Gasteiger partial charge is 0.306 e. The fourth-order valence-corrected chi connectivity index (χ4v) is 3.58. The van der Waals surface area contributed by atoms with E-state index in [1.807, 2.05) is 6.07 Å². The van der Waals surface area contributed by atoms with Gasteiger partial charge in [-0.25, -0.2) is 0 Å². The van der Waals surface area contributed by atoms with Crippen LogP contribution < -0.4 is 0 Å². The molecule has 2 rings (SSSR count). The van der Waals surface area contributed by atoms with Gasteiger partial charge in [0.2, 0.25) is 0 Å². The summed E-state index contributed by atoms with van der Waals surface area (Å²) in [5.41, 5.74) is 3.67. The molecule has 0 radical (unpaired) electrons. The Morgan fingerprint density at radius 3 is 2.59 bits per heavy atom. The molecule has 1 atom stereocenters. The van der Waals surface area contributed by atoms with Crippen LogP contribution in [0.2, 0.25) is 0 Å². The molecular formula is C18H24O4. The average Bonchev–Trinajstić information content (AvgIpc) is 2.87.